The van der Waals surface area contributed by atoms with Gasteiger partial charge >= 0.3 is 0 Å². The lowest BCUT2D eigenvalue weighted by molar-refractivity contribution is -0.117. The van der Waals surface area contributed by atoms with Gasteiger partial charge in [0.25, 0.3) is 0 Å². The number of benzene rings is 2. The predicted molar refractivity (Wildman–Crippen MR) is 86.1 cm³/mol. The first-order valence-electron chi connectivity index (χ1n) is 6.73. The van der Waals surface area contributed by atoms with E-state index < -0.39 is 11.2 Å². The fraction of sp³-hybridized carbons (Fsp3) is 0.0625. The number of rotatable bonds is 5. The van der Waals surface area contributed by atoms with E-state index in [1.54, 1.807) is 0 Å². The van der Waals surface area contributed by atoms with Gasteiger partial charge in [0.15, 0.2) is 5.82 Å². The van der Waals surface area contributed by atoms with Gasteiger partial charge in [-0.2, -0.15) is 0 Å². The molecule has 3 N–H and O–H groups in total. The van der Waals surface area contributed by atoms with Gasteiger partial charge in [0.1, 0.15) is 5.25 Å². The van der Waals surface area contributed by atoms with Crippen molar-refractivity contribution in [1.82, 2.24) is 15.2 Å². The minimum atomic E-state index is -0.513. The highest BCUT2D eigenvalue weighted by Crippen LogP contribution is 2.33. The summed E-state index contributed by atoms with van der Waals surface area (Å²) in [5.41, 5.74) is 7.29. The van der Waals surface area contributed by atoms with Crippen molar-refractivity contribution in [2.24, 2.45) is 5.73 Å². The van der Waals surface area contributed by atoms with Crippen LogP contribution in [0.1, 0.15) is 10.8 Å². The van der Waals surface area contributed by atoms with Crippen molar-refractivity contribution in [2.45, 2.75) is 10.4 Å². The number of thioether (sulfide) groups is 1. The molecular formula is C16H14N4OS. The summed E-state index contributed by atoms with van der Waals surface area (Å²) in [7, 11) is 0. The summed E-state index contributed by atoms with van der Waals surface area (Å²) >= 11 is 1.24. The van der Waals surface area contributed by atoms with Crippen molar-refractivity contribution in [3.8, 4) is 11.4 Å². The SMILES string of the molecule is NC(=O)C(Sc1n[nH]c(-c2ccccc2)n1)c1ccccc1. The van der Waals surface area contributed by atoms with Crippen LogP contribution in [0.5, 0.6) is 0 Å². The first kappa shape index (κ1) is 14.3. The van der Waals surface area contributed by atoms with Crippen LogP contribution in [0, 0.1) is 0 Å². The summed E-state index contributed by atoms with van der Waals surface area (Å²) in [4.78, 5) is 16.1. The number of H-pyrrole nitrogens is 1. The molecule has 0 fully saturated rings. The van der Waals surface area contributed by atoms with E-state index in [1.165, 1.54) is 11.8 Å². The Bertz CT molecular complexity index is 758. The molecular weight excluding hydrogens is 296 g/mol. The lowest BCUT2D eigenvalue weighted by Gasteiger charge is -2.10. The zero-order chi connectivity index (χ0) is 15.4. The van der Waals surface area contributed by atoms with Gasteiger partial charge in [0.2, 0.25) is 11.1 Å². The van der Waals surface area contributed by atoms with E-state index in [2.05, 4.69) is 15.2 Å². The van der Waals surface area contributed by atoms with Gasteiger partial charge in [-0.15, -0.1) is 5.10 Å². The van der Waals surface area contributed by atoms with Gasteiger partial charge in [0.05, 0.1) is 0 Å². The van der Waals surface area contributed by atoms with Gasteiger partial charge in [-0.25, -0.2) is 4.98 Å². The molecule has 1 atom stereocenters. The van der Waals surface area contributed by atoms with Crippen LogP contribution < -0.4 is 5.73 Å². The molecule has 2 aromatic carbocycles. The van der Waals surface area contributed by atoms with Crippen LogP contribution >= 0.6 is 11.8 Å². The third-order valence-corrected chi connectivity index (χ3v) is 4.23. The van der Waals surface area contributed by atoms with E-state index in [4.69, 9.17) is 5.73 Å². The number of nitrogens with zero attached hydrogens (tertiary/aromatic N) is 2. The first-order chi connectivity index (χ1) is 10.7. The Morgan fingerprint density at radius 1 is 1.05 bits per heavy atom. The van der Waals surface area contributed by atoms with Crippen LogP contribution in [-0.4, -0.2) is 21.1 Å². The van der Waals surface area contributed by atoms with Crippen LogP contribution in [0.15, 0.2) is 65.8 Å². The van der Waals surface area contributed by atoms with E-state index >= 15 is 0 Å². The maximum atomic E-state index is 11.7. The molecule has 1 heterocycles. The van der Waals surface area contributed by atoms with Crippen LogP contribution in [0.4, 0.5) is 0 Å². The van der Waals surface area contributed by atoms with Crippen LogP contribution in [0.2, 0.25) is 0 Å². The third-order valence-electron chi connectivity index (χ3n) is 3.10. The van der Waals surface area contributed by atoms with Crippen molar-refractivity contribution < 1.29 is 4.79 Å². The Morgan fingerprint density at radius 3 is 2.32 bits per heavy atom. The summed E-state index contributed by atoms with van der Waals surface area (Å²) in [5.74, 6) is 0.252. The van der Waals surface area contributed by atoms with Gasteiger partial charge in [0, 0.05) is 5.56 Å². The second-order valence-electron chi connectivity index (χ2n) is 4.64. The molecule has 0 aliphatic carbocycles. The highest BCUT2D eigenvalue weighted by Gasteiger charge is 2.21. The van der Waals surface area contributed by atoms with Gasteiger partial charge in [-0.3, -0.25) is 9.89 Å². The average molecular weight is 310 g/mol. The molecule has 5 nitrogen and oxygen atoms in total. The van der Waals surface area contributed by atoms with Crippen LogP contribution in [0.25, 0.3) is 11.4 Å². The second-order valence-corrected chi connectivity index (χ2v) is 5.72. The zero-order valence-corrected chi connectivity index (χ0v) is 12.5. The Labute approximate surface area is 132 Å². The predicted octanol–water partition coefficient (Wildman–Crippen LogP) is 2.79. The lowest BCUT2D eigenvalue weighted by Crippen LogP contribution is -2.19. The zero-order valence-electron chi connectivity index (χ0n) is 11.6. The van der Waals surface area contributed by atoms with Gasteiger partial charge in [-0.05, 0) is 5.56 Å². The standard InChI is InChI=1S/C16H14N4OS/c17-14(21)13(11-7-3-1-4-8-11)22-16-18-15(19-20-16)12-9-5-2-6-10-12/h1-10,13H,(H2,17,21)(H,18,19,20). The second kappa shape index (κ2) is 6.44. The number of hydrogen-bond acceptors (Lipinski definition) is 4. The first-order valence-corrected chi connectivity index (χ1v) is 7.61. The molecule has 0 radical (unpaired) electrons. The average Bonchev–Trinajstić information content (AvgIpc) is 3.03. The van der Waals surface area contributed by atoms with E-state index in [0.29, 0.717) is 11.0 Å². The fourth-order valence-corrected chi connectivity index (χ4v) is 2.91. The van der Waals surface area contributed by atoms with E-state index in [-0.39, 0.29) is 0 Å². The molecule has 0 spiro atoms. The molecule has 0 aliphatic heterocycles. The smallest absolute Gasteiger partial charge is 0.235 e. The Hall–Kier alpha value is -2.60. The monoisotopic (exact) mass is 310 g/mol. The largest absolute Gasteiger partial charge is 0.368 e. The number of carbonyl (C=O) groups excluding carboxylic acids is 1. The quantitative estimate of drug-likeness (QED) is 0.710. The number of nitrogens with one attached hydrogen (secondary N) is 1. The third kappa shape index (κ3) is 3.17. The maximum absolute atomic E-state index is 11.7. The van der Waals surface area contributed by atoms with E-state index in [1.807, 2.05) is 60.7 Å². The summed E-state index contributed by atoms with van der Waals surface area (Å²) < 4.78 is 0. The van der Waals surface area contributed by atoms with Gasteiger partial charge < -0.3 is 5.73 Å². The number of aromatic nitrogens is 3. The molecule has 1 amide bonds. The minimum absolute atomic E-state index is 0.415. The lowest BCUT2D eigenvalue weighted by atomic mass is 10.1. The van der Waals surface area contributed by atoms with Crippen LogP contribution in [0.3, 0.4) is 0 Å². The normalized spacial score (nSPS) is 12.0. The molecule has 0 bridgehead atoms. The molecule has 3 aromatic rings. The molecule has 0 saturated carbocycles. The van der Waals surface area contributed by atoms with Crippen molar-refractivity contribution in [1.29, 1.82) is 0 Å². The molecule has 0 aliphatic rings. The molecule has 0 saturated heterocycles. The van der Waals surface area contributed by atoms with E-state index in [9.17, 15) is 4.79 Å². The summed E-state index contributed by atoms with van der Waals surface area (Å²) in [5, 5.41) is 7.02. The van der Waals surface area contributed by atoms with Crippen molar-refractivity contribution in [2.75, 3.05) is 0 Å². The summed E-state index contributed by atoms with van der Waals surface area (Å²) in [6, 6.07) is 19.1. The maximum Gasteiger partial charge on any atom is 0.235 e. The number of carbonyl (C=O) groups is 1. The van der Waals surface area contributed by atoms with Gasteiger partial charge in [-0.1, -0.05) is 72.4 Å². The number of primary amides is 1. The Morgan fingerprint density at radius 2 is 1.68 bits per heavy atom. The van der Waals surface area contributed by atoms with E-state index in [0.717, 1.165) is 11.1 Å². The highest BCUT2D eigenvalue weighted by molar-refractivity contribution is 8.00. The Kier molecular flexibility index (Phi) is 4.20. The molecule has 22 heavy (non-hydrogen) atoms. The summed E-state index contributed by atoms with van der Waals surface area (Å²) in [6.45, 7) is 0. The molecule has 110 valence electrons. The minimum Gasteiger partial charge on any atom is -0.368 e. The number of aromatic amines is 1. The highest BCUT2D eigenvalue weighted by atomic mass is 32.2. The van der Waals surface area contributed by atoms with Crippen molar-refractivity contribution in [3.63, 3.8) is 0 Å². The summed E-state index contributed by atoms with van der Waals surface area (Å²) in [6.07, 6.45) is 0. The fourth-order valence-electron chi connectivity index (χ4n) is 2.05. The van der Waals surface area contributed by atoms with Crippen molar-refractivity contribution >= 4 is 17.7 Å². The molecule has 3 rings (SSSR count). The van der Waals surface area contributed by atoms with Crippen LogP contribution in [-0.2, 0) is 4.79 Å². The molecule has 6 heteroatoms. The molecule has 1 aromatic heterocycles. The topological polar surface area (TPSA) is 84.7 Å². The number of nitrogens with two attached hydrogens (primary N) is 1. The number of hydrogen-bond donors (Lipinski definition) is 2. The number of amides is 1. The Balaban J connectivity index is 1.83. The molecule has 1 unspecified atom stereocenters. The van der Waals surface area contributed by atoms with Crippen molar-refractivity contribution in [3.05, 3.63) is 66.2 Å².